The van der Waals surface area contributed by atoms with Crippen LogP contribution in [0.4, 0.5) is 0 Å². The van der Waals surface area contributed by atoms with Crippen LogP contribution in [0.15, 0.2) is 0 Å². The molecule has 14 heavy (non-hydrogen) atoms. The molecule has 2 aliphatic heterocycles. The molecule has 0 aromatic rings. The van der Waals surface area contributed by atoms with Crippen molar-refractivity contribution in [2.75, 3.05) is 26.2 Å². The highest BCUT2D eigenvalue weighted by atomic mass is 15.3. The molecule has 0 saturated carbocycles. The highest BCUT2D eigenvalue weighted by molar-refractivity contribution is 5.52. The van der Waals surface area contributed by atoms with Crippen molar-refractivity contribution in [1.29, 1.82) is 5.41 Å². The Morgan fingerprint density at radius 1 is 1.29 bits per heavy atom. The molecule has 3 nitrogen and oxygen atoms in total. The van der Waals surface area contributed by atoms with Crippen LogP contribution in [-0.4, -0.2) is 48.4 Å². The third kappa shape index (κ3) is 1.65. The molecule has 0 aromatic heterocycles. The topological polar surface area (TPSA) is 30.3 Å². The number of piperidine rings is 1. The molecule has 2 heterocycles. The Bertz CT molecular complexity index is 219. The molecule has 0 radical (unpaired) electrons. The fourth-order valence-corrected chi connectivity index (χ4v) is 2.85. The number of hydrogen-bond acceptors (Lipinski definition) is 2. The van der Waals surface area contributed by atoms with E-state index in [2.05, 4.69) is 23.6 Å². The van der Waals surface area contributed by atoms with Gasteiger partial charge in [-0.15, -0.1) is 0 Å². The highest BCUT2D eigenvalue weighted by Crippen LogP contribution is 2.38. The van der Waals surface area contributed by atoms with Gasteiger partial charge in [0.15, 0.2) is 0 Å². The summed E-state index contributed by atoms with van der Waals surface area (Å²) in [5, 5.41) is 7.18. The van der Waals surface area contributed by atoms with Gasteiger partial charge in [-0.2, -0.15) is 0 Å². The molecule has 1 spiro atoms. The minimum atomic E-state index is 0.528. The van der Waals surface area contributed by atoms with Crippen molar-refractivity contribution >= 4 is 6.34 Å². The number of likely N-dealkylation sites (tertiary alicyclic amines) is 2. The Balaban J connectivity index is 1.92. The van der Waals surface area contributed by atoms with Crippen molar-refractivity contribution in [3.63, 3.8) is 0 Å². The lowest BCUT2D eigenvalue weighted by Gasteiger charge is -2.54. The van der Waals surface area contributed by atoms with Gasteiger partial charge in [-0.3, -0.25) is 5.41 Å². The van der Waals surface area contributed by atoms with E-state index in [0.717, 1.165) is 13.1 Å². The molecule has 0 bridgehead atoms. The summed E-state index contributed by atoms with van der Waals surface area (Å²) in [5.74, 6) is 0. The number of hydrogen-bond donors (Lipinski definition) is 1. The van der Waals surface area contributed by atoms with Crippen LogP contribution in [0.3, 0.4) is 0 Å². The van der Waals surface area contributed by atoms with E-state index in [0.29, 0.717) is 11.5 Å². The normalized spacial score (nSPS) is 26.6. The van der Waals surface area contributed by atoms with Gasteiger partial charge in [0.25, 0.3) is 0 Å². The molecule has 0 aromatic carbocycles. The Morgan fingerprint density at radius 3 is 2.57 bits per heavy atom. The Labute approximate surface area is 86.6 Å². The zero-order valence-electron chi connectivity index (χ0n) is 9.29. The standard InChI is InChI=1S/C11H21N3/c1-10(2)14-5-3-4-11(8-14)6-13(7-11)9-12/h9-10,12H,3-8H2,1-2H3. The van der Waals surface area contributed by atoms with Crippen LogP contribution in [0.2, 0.25) is 0 Å². The molecule has 0 unspecified atom stereocenters. The molecule has 80 valence electrons. The van der Waals surface area contributed by atoms with Crippen LogP contribution < -0.4 is 0 Å². The van der Waals surface area contributed by atoms with Gasteiger partial charge in [0, 0.05) is 31.1 Å². The lowest BCUT2D eigenvalue weighted by molar-refractivity contribution is -0.0249. The summed E-state index contributed by atoms with van der Waals surface area (Å²) < 4.78 is 0. The molecular formula is C11H21N3. The van der Waals surface area contributed by atoms with Crippen LogP contribution in [0.25, 0.3) is 0 Å². The summed E-state index contributed by atoms with van der Waals surface area (Å²) in [6.45, 7) is 9.30. The molecule has 1 N–H and O–H groups in total. The third-order valence-corrected chi connectivity index (χ3v) is 3.68. The van der Waals surface area contributed by atoms with Crippen molar-refractivity contribution in [2.45, 2.75) is 32.7 Å². The largest absolute Gasteiger partial charge is 0.362 e. The van der Waals surface area contributed by atoms with E-state index in [-0.39, 0.29) is 0 Å². The molecule has 0 amide bonds. The molecule has 3 heteroatoms. The third-order valence-electron chi connectivity index (χ3n) is 3.68. The summed E-state index contributed by atoms with van der Waals surface area (Å²) in [6.07, 6.45) is 4.18. The summed E-state index contributed by atoms with van der Waals surface area (Å²) in [7, 11) is 0. The molecule has 0 atom stereocenters. The maximum atomic E-state index is 7.18. The van der Waals surface area contributed by atoms with Gasteiger partial charge in [-0.25, -0.2) is 0 Å². The molecule has 2 rings (SSSR count). The Hall–Kier alpha value is -0.570. The van der Waals surface area contributed by atoms with Gasteiger partial charge in [-0.1, -0.05) is 0 Å². The monoisotopic (exact) mass is 195 g/mol. The van der Waals surface area contributed by atoms with Gasteiger partial charge in [0.05, 0.1) is 6.34 Å². The smallest absolute Gasteiger partial charge is 0.0817 e. The second-order valence-corrected chi connectivity index (χ2v) is 5.20. The second kappa shape index (κ2) is 3.54. The fourth-order valence-electron chi connectivity index (χ4n) is 2.85. The van der Waals surface area contributed by atoms with Crippen LogP contribution in [0.1, 0.15) is 26.7 Å². The Kier molecular flexibility index (Phi) is 2.52. The van der Waals surface area contributed by atoms with Crippen LogP contribution in [0, 0.1) is 10.8 Å². The summed E-state index contributed by atoms with van der Waals surface area (Å²) in [4.78, 5) is 4.70. The van der Waals surface area contributed by atoms with E-state index in [1.165, 1.54) is 32.3 Å². The van der Waals surface area contributed by atoms with Crippen molar-refractivity contribution in [3.8, 4) is 0 Å². The molecule has 0 aliphatic carbocycles. The van der Waals surface area contributed by atoms with Gasteiger partial charge in [0.1, 0.15) is 0 Å². The van der Waals surface area contributed by atoms with Gasteiger partial charge in [-0.05, 0) is 33.2 Å². The van der Waals surface area contributed by atoms with E-state index in [4.69, 9.17) is 5.41 Å². The van der Waals surface area contributed by atoms with E-state index < -0.39 is 0 Å². The minimum Gasteiger partial charge on any atom is -0.362 e. The van der Waals surface area contributed by atoms with E-state index in [1.54, 1.807) is 0 Å². The predicted octanol–water partition coefficient (Wildman–Crippen LogP) is 1.40. The van der Waals surface area contributed by atoms with Crippen LogP contribution in [-0.2, 0) is 0 Å². The number of nitrogens with zero attached hydrogens (tertiary/aromatic N) is 2. The predicted molar refractivity (Wildman–Crippen MR) is 58.7 cm³/mol. The summed E-state index contributed by atoms with van der Waals surface area (Å²) in [6, 6.07) is 0.682. The van der Waals surface area contributed by atoms with Crippen LogP contribution >= 0.6 is 0 Å². The van der Waals surface area contributed by atoms with Crippen molar-refractivity contribution in [3.05, 3.63) is 0 Å². The average Bonchev–Trinajstić information content (AvgIpc) is 2.14. The number of nitrogens with one attached hydrogen (secondary N) is 1. The average molecular weight is 195 g/mol. The van der Waals surface area contributed by atoms with Crippen molar-refractivity contribution < 1.29 is 0 Å². The van der Waals surface area contributed by atoms with E-state index in [9.17, 15) is 0 Å². The van der Waals surface area contributed by atoms with Crippen LogP contribution in [0.5, 0.6) is 0 Å². The second-order valence-electron chi connectivity index (χ2n) is 5.20. The molecular weight excluding hydrogens is 174 g/mol. The molecule has 2 saturated heterocycles. The SMILES string of the molecule is CC(C)N1CCCC2(CN(C=N)C2)C1. The minimum absolute atomic E-state index is 0.528. The Morgan fingerprint density at radius 2 is 2.00 bits per heavy atom. The van der Waals surface area contributed by atoms with E-state index in [1.807, 2.05) is 0 Å². The lowest BCUT2D eigenvalue weighted by atomic mass is 9.73. The van der Waals surface area contributed by atoms with Crippen molar-refractivity contribution in [1.82, 2.24) is 9.80 Å². The fraction of sp³-hybridized carbons (Fsp3) is 0.909. The van der Waals surface area contributed by atoms with Gasteiger partial charge >= 0.3 is 0 Å². The van der Waals surface area contributed by atoms with Crippen molar-refractivity contribution in [2.24, 2.45) is 5.41 Å². The first-order valence-electron chi connectivity index (χ1n) is 5.64. The van der Waals surface area contributed by atoms with E-state index >= 15 is 0 Å². The summed E-state index contributed by atoms with van der Waals surface area (Å²) >= 11 is 0. The highest BCUT2D eigenvalue weighted by Gasteiger charge is 2.44. The van der Waals surface area contributed by atoms with Gasteiger partial charge < -0.3 is 9.80 Å². The first-order chi connectivity index (χ1) is 6.65. The maximum absolute atomic E-state index is 7.18. The quantitative estimate of drug-likeness (QED) is 0.533. The maximum Gasteiger partial charge on any atom is 0.0817 e. The zero-order chi connectivity index (χ0) is 10.2. The summed E-state index contributed by atoms with van der Waals surface area (Å²) in [5.41, 5.74) is 0.528. The first kappa shape index (κ1) is 9.97. The first-order valence-corrected chi connectivity index (χ1v) is 5.64. The molecule has 2 fully saturated rings. The molecule has 2 aliphatic rings. The lowest BCUT2D eigenvalue weighted by Crippen LogP contribution is -2.62. The number of rotatable bonds is 2. The van der Waals surface area contributed by atoms with Gasteiger partial charge in [0.2, 0.25) is 0 Å². The zero-order valence-corrected chi connectivity index (χ0v) is 9.29.